The minimum absolute atomic E-state index is 0.355. The molecule has 2 nitrogen and oxygen atoms in total. The van der Waals surface area contributed by atoms with Gasteiger partial charge in [0.1, 0.15) is 0 Å². The van der Waals surface area contributed by atoms with E-state index in [4.69, 9.17) is 4.74 Å². The van der Waals surface area contributed by atoms with Gasteiger partial charge < -0.3 is 10.1 Å². The first-order valence-corrected chi connectivity index (χ1v) is 8.83. The number of hydrogen-bond acceptors (Lipinski definition) is 3. The lowest BCUT2D eigenvalue weighted by Gasteiger charge is -2.54. The van der Waals surface area contributed by atoms with Crippen molar-refractivity contribution in [2.45, 2.75) is 76.3 Å². The van der Waals surface area contributed by atoms with Gasteiger partial charge in [-0.3, -0.25) is 0 Å². The summed E-state index contributed by atoms with van der Waals surface area (Å²) in [6, 6.07) is 1.42. The van der Waals surface area contributed by atoms with E-state index in [9.17, 15) is 0 Å². The van der Waals surface area contributed by atoms with Gasteiger partial charge in [0.25, 0.3) is 0 Å². The van der Waals surface area contributed by atoms with E-state index in [1.165, 1.54) is 32.1 Å². The summed E-state index contributed by atoms with van der Waals surface area (Å²) in [5.74, 6) is 0. The molecule has 0 aliphatic heterocycles. The molecule has 0 bridgehead atoms. The average Bonchev–Trinajstić information content (AvgIpc) is 2.84. The first kappa shape index (κ1) is 14.7. The van der Waals surface area contributed by atoms with E-state index in [-0.39, 0.29) is 0 Å². The molecule has 2 rings (SSSR count). The van der Waals surface area contributed by atoms with Crippen molar-refractivity contribution < 1.29 is 4.74 Å². The summed E-state index contributed by atoms with van der Waals surface area (Å²) in [7, 11) is 0. The second-order valence-corrected chi connectivity index (χ2v) is 7.26. The van der Waals surface area contributed by atoms with Crippen LogP contribution in [0.4, 0.5) is 0 Å². The van der Waals surface area contributed by atoms with Gasteiger partial charge >= 0.3 is 0 Å². The van der Waals surface area contributed by atoms with Crippen molar-refractivity contribution >= 4 is 11.8 Å². The Morgan fingerprint density at radius 3 is 2.61 bits per heavy atom. The second-order valence-electron chi connectivity index (χ2n) is 6.13. The van der Waals surface area contributed by atoms with Crippen molar-refractivity contribution in [3.63, 3.8) is 0 Å². The quantitative estimate of drug-likeness (QED) is 0.799. The van der Waals surface area contributed by atoms with Gasteiger partial charge in [-0.15, -0.1) is 0 Å². The predicted molar refractivity (Wildman–Crippen MR) is 80.3 cm³/mol. The van der Waals surface area contributed by atoms with E-state index in [2.05, 4.69) is 32.3 Å². The fourth-order valence-corrected chi connectivity index (χ4v) is 4.40. The van der Waals surface area contributed by atoms with Crippen LogP contribution < -0.4 is 5.32 Å². The lowest BCUT2D eigenvalue weighted by molar-refractivity contribution is -0.127. The zero-order chi connectivity index (χ0) is 13.2. The fourth-order valence-electron chi connectivity index (χ4n) is 3.60. The molecule has 2 aliphatic rings. The van der Waals surface area contributed by atoms with E-state index in [1.807, 2.05) is 11.8 Å². The zero-order valence-electron chi connectivity index (χ0n) is 12.4. The summed E-state index contributed by atoms with van der Waals surface area (Å²) in [5.41, 5.74) is 0.355. The van der Waals surface area contributed by atoms with Crippen LogP contribution in [0.5, 0.6) is 0 Å². The van der Waals surface area contributed by atoms with Gasteiger partial charge in [0.05, 0.1) is 6.10 Å². The van der Waals surface area contributed by atoms with Crippen LogP contribution in [-0.2, 0) is 4.74 Å². The maximum Gasteiger partial charge on any atom is 0.0658 e. The maximum atomic E-state index is 5.88. The van der Waals surface area contributed by atoms with Gasteiger partial charge in [0.2, 0.25) is 0 Å². The molecule has 5 unspecified atom stereocenters. The van der Waals surface area contributed by atoms with Crippen LogP contribution in [0, 0.1) is 5.41 Å². The third kappa shape index (κ3) is 2.73. The number of nitrogens with one attached hydrogen (secondary N) is 1. The highest BCUT2D eigenvalue weighted by molar-refractivity contribution is 7.99. The number of hydrogen-bond donors (Lipinski definition) is 1. The minimum atomic E-state index is 0.355. The van der Waals surface area contributed by atoms with Crippen molar-refractivity contribution in [3.05, 3.63) is 0 Å². The molecule has 2 fully saturated rings. The van der Waals surface area contributed by atoms with Crippen molar-refractivity contribution in [2.75, 3.05) is 12.9 Å². The molecule has 18 heavy (non-hydrogen) atoms. The Hall–Kier alpha value is 0.270. The van der Waals surface area contributed by atoms with E-state index in [1.54, 1.807) is 0 Å². The van der Waals surface area contributed by atoms with Crippen LogP contribution in [0.3, 0.4) is 0 Å². The summed E-state index contributed by atoms with van der Waals surface area (Å²) >= 11 is 2.04. The molecule has 0 aromatic rings. The topological polar surface area (TPSA) is 21.3 Å². The molecule has 2 saturated carbocycles. The molecule has 0 amide bonds. The van der Waals surface area contributed by atoms with E-state index >= 15 is 0 Å². The van der Waals surface area contributed by atoms with Gasteiger partial charge in [0.15, 0.2) is 0 Å². The first-order chi connectivity index (χ1) is 8.63. The van der Waals surface area contributed by atoms with Crippen LogP contribution in [-0.4, -0.2) is 36.3 Å². The van der Waals surface area contributed by atoms with E-state index in [0.717, 1.165) is 17.9 Å². The smallest absolute Gasteiger partial charge is 0.0658 e. The lowest BCUT2D eigenvalue weighted by atomic mass is 9.61. The summed E-state index contributed by atoms with van der Waals surface area (Å²) in [5, 5.41) is 4.80. The molecule has 0 aromatic carbocycles. The van der Waals surface area contributed by atoms with Crippen molar-refractivity contribution in [2.24, 2.45) is 5.41 Å². The molecule has 0 radical (unpaired) electrons. The first-order valence-electron chi connectivity index (χ1n) is 7.54. The van der Waals surface area contributed by atoms with Crippen LogP contribution >= 0.6 is 11.8 Å². The van der Waals surface area contributed by atoms with E-state index in [0.29, 0.717) is 17.6 Å². The molecule has 5 atom stereocenters. The van der Waals surface area contributed by atoms with E-state index < -0.39 is 0 Å². The minimum Gasteiger partial charge on any atom is -0.378 e. The fraction of sp³-hybridized carbons (Fsp3) is 1.00. The molecule has 3 heteroatoms. The molecule has 0 saturated heterocycles. The van der Waals surface area contributed by atoms with Crippen LogP contribution in [0.15, 0.2) is 0 Å². The molecule has 0 heterocycles. The average molecular weight is 271 g/mol. The largest absolute Gasteiger partial charge is 0.378 e. The highest BCUT2D eigenvalue weighted by Crippen LogP contribution is 2.46. The number of rotatable bonds is 6. The summed E-state index contributed by atoms with van der Waals surface area (Å²) in [6.45, 7) is 7.66. The van der Waals surface area contributed by atoms with Gasteiger partial charge in [-0.2, -0.15) is 11.8 Å². The van der Waals surface area contributed by atoms with Gasteiger partial charge in [-0.25, -0.2) is 0 Å². The Balaban J connectivity index is 1.84. The Morgan fingerprint density at radius 2 is 2.06 bits per heavy atom. The predicted octanol–water partition coefficient (Wildman–Crippen LogP) is 3.45. The Morgan fingerprint density at radius 1 is 1.28 bits per heavy atom. The summed E-state index contributed by atoms with van der Waals surface area (Å²) < 4.78 is 5.88. The summed E-state index contributed by atoms with van der Waals surface area (Å²) in [4.78, 5) is 0. The molecule has 0 aromatic heterocycles. The normalized spacial score (nSPS) is 44.0. The highest BCUT2D eigenvalue weighted by atomic mass is 32.2. The molecule has 0 spiro atoms. The molecule has 1 N–H and O–H groups in total. The molecular weight excluding hydrogens is 242 g/mol. The van der Waals surface area contributed by atoms with Crippen LogP contribution in [0.1, 0.15) is 52.9 Å². The maximum absolute atomic E-state index is 5.88. The number of ether oxygens (including phenoxy) is 1. The van der Waals surface area contributed by atoms with Crippen LogP contribution in [0.25, 0.3) is 0 Å². The van der Waals surface area contributed by atoms with Gasteiger partial charge in [0, 0.05) is 29.4 Å². The lowest BCUT2D eigenvalue weighted by Crippen LogP contribution is -2.63. The van der Waals surface area contributed by atoms with Crippen molar-refractivity contribution in [3.8, 4) is 0 Å². The number of thioether (sulfide) groups is 1. The van der Waals surface area contributed by atoms with Gasteiger partial charge in [-0.1, -0.05) is 13.8 Å². The van der Waals surface area contributed by atoms with Crippen LogP contribution in [0.2, 0.25) is 0 Å². The van der Waals surface area contributed by atoms with Gasteiger partial charge in [-0.05, 0) is 45.3 Å². The third-order valence-electron chi connectivity index (χ3n) is 5.27. The SMILES string of the molecule is CCOC1CC(NC2CCC(SC)C2)C1(C)CC. The third-order valence-corrected chi connectivity index (χ3v) is 6.36. The molecular formula is C15H29NOS. The van der Waals surface area contributed by atoms with Crippen molar-refractivity contribution in [1.29, 1.82) is 0 Å². The monoisotopic (exact) mass is 271 g/mol. The Labute approximate surface area is 117 Å². The Kier molecular flexibility index (Phi) is 5.01. The molecule has 2 aliphatic carbocycles. The highest BCUT2D eigenvalue weighted by Gasteiger charge is 2.51. The summed E-state index contributed by atoms with van der Waals surface area (Å²) in [6.07, 6.45) is 9.26. The standard InChI is InChI=1S/C15H29NOS/c1-5-15(3)13(10-14(15)17-6-2)16-11-7-8-12(9-11)18-4/h11-14,16H,5-10H2,1-4H3. The zero-order valence-corrected chi connectivity index (χ0v) is 13.2. The molecule has 106 valence electrons. The van der Waals surface area contributed by atoms with Crippen molar-refractivity contribution in [1.82, 2.24) is 5.32 Å². The Bertz CT molecular complexity index is 273. The second kappa shape index (κ2) is 6.15.